The van der Waals surface area contributed by atoms with Gasteiger partial charge in [0.05, 0.1) is 36.9 Å². The Morgan fingerprint density at radius 3 is 2.11 bits per heavy atom. The summed E-state index contributed by atoms with van der Waals surface area (Å²) in [5, 5.41) is 0. The van der Waals surface area contributed by atoms with Crippen LogP contribution in [0.4, 0.5) is 0 Å². The quantitative estimate of drug-likeness (QED) is 0.347. The van der Waals surface area contributed by atoms with Gasteiger partial charge in [-0.05, 0) is 42.5 Å². The molecule has 1 amide bonds. The first-order valence-electron chi connectivity index (χ1n) is 11.9. The summed E-state index contributed by atoms with van der Waals surface area (Å²) >= 11 is 0. The fourth-order valence-electron chi connectivity index (χ4n) is 4.63. The van der Waals surface area contributed by atoms with E-state index >= 15 is 0 Å². The molecule has 4 aromatic rings. The third-order valence-electron chi connectivity index (χ3n) is 6.68. The Bertz CT molecular complexity index is 1420. The molecule has 1 saturated carbocycles. The summed E-state index contributed by atoms with van der Waals surface area (Å²) in [7, 11) is 0. The Hall–Kier alpha value is -4.60. The van der Waals surface area contributed by atoms with Gasteiger partial charge in [-0.1, -0.05) is 36.4 Å². The van der Waals surface area contributed by atoms with Crippen LogP contribution in [0.15, 0.2) is 73.2 Å². The van der Waals surface area contributed by atoms with Crippen molar-refractivity contribution in [2.24, 2.45) is 23.5 Å². The summed E-state index contributed by atoms with van der Waals surface area (Å²) < 4.78 is 13.1. The van der Waals surface area contributed by atoms with Gasteiger partial charge in [0.1, 0.15) is 5.52 Å². The minimum absolute atomic E-state index is 0.0202. The van der Waals surface area contributed by atoms with E-state index in [0.29, 0.717) is 28.8 Å². The molecule has 10 nitrogen and oxygen atoms in total. The lowest BCUT2D eigenvalue weighted by Gasteiger charge is -2.44. The zero-order valence-corrected chi connectivity index (χ0v) is 19.9. The summed E-state index contributed by atoms with van der Waals surface area (Å²) in [4.78, 5) is 49.1. The van der Waals surface area contributed by atoms with Crippen molar-refractivity contribution in [2.75, 3.05) is 13.2 Å². The molecule has 3 atom stereocenters. The van der Waals surface area contributed by atoms with Crippen molar-refractivity contribution in [3.63, 3.8) is 0 Å². The Morgan fingerprint density at radius 1 is 0.865 bits per heavy atom. The zero-order valence-electron chi connectivity index (χ0n) is 19.9. The molecule has 0 saturated heterocycles. The minimum Gasteiger partial charge on any atom is -0.462 e. The third kappa shape index (κ3) is 5.32. The van der Waals surface area contributed by atoms with Crippen LogP contribution >= 0.6 is 0 Å². The third-order valence-corrected chi connectivity index (χ3v) is 6.68. The van der Waals surface area contributed by atoms with E-state index in [9.17, 15) is 14.4 Å². The number of hydrogen-bond acceptors (Lipinski definition) is 8. The number of esters is 2. The highest BCUT2D eigenvalue weighted by Crippen LogP contribution is 2.42. The second kappa shape index (κ2) is 10.6. The molecule has 10 heteroatoms. The molecule has 3 unspecified atom stereocenters. The van der Waals surface area contributed by atoms with Gasteiger partial charge in [-0.3, -0.25) is 4.79 Å². The number of rotatable bonds is 9. The number of hydrogen-bond donors (Lipinski definition) is 1. The SMILES string of the molecule is NC(=O)c1ncc2ncn(CC3CC(COC(=O)c4ccccc4)C3COC(=O)c3ccccc3)c2n1. The standard InChI is InChI=1S/C27H25N5O5/c28-23(33)24-29-12-22-25(31-24)32(16-30-22)13-19-11-20(14-36-26(34)17-7-3-1-4-8-17)21(19)15-37-27(35)18-9-5-2-6-10-18/h1-10,12,16,19-21H,11,13-15H2,(H2,28,33). The average molecular weight is 500 g/mol. The molecule has 0 aliphatic heterocycles. The van der Waals surface area contributed by atoms with E-state index < -0.39 is 11.9 Å². The van der Waals surface area contributed by atoms with E-state index in [2.05, 4.69) is 15.0 Å². The Labute approximate surface area is 212 Å². The maximum Gasteiger partial charge on any atom is 0.338 e. The lowest BCUT2D eigenvalue weighted by molar-refractivity contribution is -0.0418. The molecule has 1 aliphatic rings. The fraction of sp³-hybridized carbons (Fsp3) is 0.259. The summed E-state index contributed by atoms with van der Waals surface area (Å²) in [5.41, 5.74) is 7.34. The van der Waals surface area contributed by atoms with Gasteiger partial charge in [0, 0.05) is 12.5 Å². The molecule has 0 spiro atoms. The first-order valence-corrected chi connectivity index (χ1v) is 11.9. The second-order valence-corrected chi connectivity index (χ2v) is 9.01. The lowest BCUT2D eigenvalue weighted by atomic mass is 9.65. The number of nitrogens with two attached hydrogens (primary N) is 1. The number of carbonyl (C=O) groups excluding carboxylic acids is 3. The van der Waals surface area contributed by atoms with Crippen LogP contribution in [0.1, 0.15) is 37.8 Å². The molecular weight excluding hydrogens is 474 g/mol. The van der Waals surface area contributed by atoms with Crippen molar-refractivity contribution in [2.45, 2.75) is 13.0 Å². The van der Waals surface area contributed by atoms with E-state index in [-0.39, 0.29) is 42.8 Å². The minimum atomic E-state index is -0.718. The Balaban J connectivity index is 1.29. The molecule has 37 heavy (non-hydrogen) atoms. The molecule has 188 valence electrons. The number of nitrogens with zero attached hydrogens (tertiary/aromatic N) is 4. The number of ether oxygens (including phenoxy) is 2. The fourth-order valence-corrected chi connectivity index (χ4v) is 4.63. The number of amides is 1. The zero-order chi connectivity index (χ0) is 25.8. The van der Waals surface area contributed by atoms with Gasteiger partial charge in [-0.15, -0.1) is 0 Å². The normalized spacial score (nSPS) is 18.6. The van der Waals surface area contributed by atoms with Gasteiger partial charge in [0.2, 0.25) is 5.82 Å². The molecule has 5 rings (SSSR count). The topological polar surface area (TPSA) is 139 Å². The van der Waals surface area contributed by atoms with Gasteiger partial charge in [-0.2, -0.15) is 0 Å². The largest absolute Gasteiger partial charge is 0.462 e. The average Bonchev–Trinajstić information content (AvgIpc) is 3.33. The van der Waals surface area contributed by atoms with E-state index in [1.807, 2.05) is 16.7 Å². The van der Waals surface area contributed by atoms with E-state index in [1.54, 1.807) is 54.9 Å². The maximum atomic E-state index is 12.6. The monoisotopic (exact) mass is 499 g/mol. The van der Waals surface area contributed by atoms with Gasteiger partial charge >= 0.3 is 11.9 Å². The lowest BCUT2D eigenvalue weighted by Crippen LogP contribution is -2.45. The summed E-state index contributed by atoms with van der Waals surface area (Å²) in [6.45, 7) is 0.930. The predicted octanol–water partition coefficient (Wildman–Crippen LogP) is 2.89. The molecule has 2 aromatic carbocycles. The highest BCUT2D eigenvalue weighted by Gasteiger charge is 2.42. The van der Waals surface area contributed by atoms with Gasteiger partial charge in [-0.25, -0.2) is 24.5 Å². The van der Waals surface area contributed by atoms with Gasteiger partial charge < -0.3 is 19.8 Å². The number of carbonyl (C=O) groups is 3. The van der Waals surface area contributed by atoms with Crippen molar-refractivity contribution in [3.8, 4) is 0 Å². The molecule has 2 aromatic heterocycles. The molecule has 0 radical (unpaired) electrons. The van der Waals surface area contributed by atoms with Crippen LogP contribution in [0.25, 0.3) is 11.2 Å². The highest BCUT2D eigenvalue weighted by molar-refractivity contribution is 5.90. The van der Waals surface area contributed by atoms with Crippen LogP contribution in [-0.4, -0.2) is 50.6 Å². The van der Waals surface area contributed by atoms with E-state index in [1.165, 1.54) is 6.20 Å². The summed E-state index contributed by atoms with van der Waals surface area (Å²) in [6, 6.07) is 17.6. The van der Waals surface area contributed by atoms with Crippen molar-refractivity contribution in [3.05, 3.63) is 90.1 Å². The molecular formula is C27H25N5O5. The van der Waals surface area contributed by atoms with E-state index in [0.717, 1.165) is 6.42 Å². The molecule has 1 aliphatic carbocycles. The van der Waals surface area contributed by atoms with Crippen LogP contribution in [0, 0.1) is 17.8 Å². The van der Waals surface area contributed by atoms with Crippen LogP contribution in [-0.2, 0) is 16.0 Å². The van der Waals surface area contributed by atoms with Crippen LogP contribution in [0.2, 0.25) is 0 Å². The number of fused-ring (bicyclic) bond motifs is 1. The maximum absolute atomic E-state index is 12.6. The smallest absolute Gasteiger partial charge is 0.338 e. The van der Waals surface area contributed by atoms with Gasteiger partial charge in [0.15, 0.2) is 5.65 Å². The predicted molar refractivity (Wildman–Crippen MR) is 132 cm³/mol. The summed E-state index contributed by atoms with van der Waals surface area (Å²) in [5.74, 6) is -1.52. The molecule has 2 N–H and O–H groups in total. The Morgan fingerprint density at radius 2 is 1.49 bits per heavy atom. The van der Waals surface area contributed by atoms with Crippen molar-refractivity contribution in [1.29, 1.82) is 0 Å². The first-order chi connectivity index (χ1) is 18.0. The van der Waals surface area contributed by atoms with Gasteiger partial charge in [0.25, 0.3) is 5.91 Å². The molecule has 0 bridgehead atoms. The number of imidazole rings is 1. The van der Waals surface area contributed by atoms with Crippen LogP contribution < -0.4 is 5.73 Å². The summed E-state index contributed by atoms with van der Waals surface area (Å²) in [6.07, 6.45) is 3.85. The highest BCUT2D eigenvalue weighted by atomic mass is 16.5. The van der Waals surface area contributed by atoms with Crippen LogP contribution in [0.5, 0.6) is 0 Å². The molecule has 2 heterocycles. The number of aromatic nitrogens is 4. The van der Waals surface area contributed by atoms with Crippen molar-refractivity contribution in [1.82, 2.24) is 19.5 Å². The number of benzene rings is 2. The number of primary amides is 1. The molecule has 1 fully saturated rings. The van der Waals surface area contributed by atoms with Crippen molar-refractivity contribution >= 4 is 29.0 Å². The van der Waals surface area contributed by atoms with E-state index in [4.69, 9.17) is 15.2 Å². The van der Waals surface area contributed by atoms with Crippen LogP contribution in [0.3, 0.4) is 0 Å². The Kier molecular flexibility index (Phi) is 6.89. The second-order valence-electron chi connectivity index (χ2n) is 9.01. The first kappa shape index (κ1) is 24.1. The van der Waals surface area contributed by atoms with Crippen molar-refractivity contribution < 1.29 is 23.9 Å².